The van der Waals surface area contributed by atoms with E-state index in [1.165, 1.54) is 12.1 Å². The molecule has 7 heteroatoms. The summed E-state index contributed by atoms with van der Waals surface area (Å²) in [5.74, 6) is 0.673. The normalized spacial score (nSPS) is 18.4. The topological polar surface area (TPSA) is 43.9 Å². The summed E-state index contributed by atoms with van der Waals surface area (Å²) in [7, 11) is 0. The fourth-order valence-electron chi connectivity index (χ4n) is 4.43. The minimum atomic E-state index is -4.36. The van der Waals surface area contributed by atoms with Crippen LogP contribution in [-0.2, 0) is 32.1 Å². The first-order valence-corrected chi connectivity index (χ1v) is 9.63. The third kappa shape index (κ3) is 3.19. The fraction of sp³-hybridized carbons (Fsp3) is 0.318. The van der Waals surface area contributed by atoms with E-state index in [1.54, 1.807) is 6.07 Å². The molecule has 2 heterocycles. The van der Waals surface area contributed by atoms with Crippen molar-refractivity contribution in [2.24, 2.45) is 0 Å². The molecule has 2 aliphatic rings. The minimum absolute atomic E-state index is 0.289. The van der Waals surface area contributed by atoms with E-state index in [0.29, 0.717) is 36.7 Å². The Bertz CT molecular complexity index is 1170. The Morgan fingerprint density at radius 2 is 1.86 bits per heavy atom. The summed E-state index contributed by atoms with van der Waals surface area (Å²) in [4.78, 5) is 13.3. The van der Waals surface area contributed by atoms with E-state index in [2.05, 4.69) is 0 Å². The molecule has 1 atom stereocenters. The molecule has 29 heavy (non-hydrogen) atoms. The van der Waals surface area contributed by atoms with Crippen molar-refractivity contribution >= 4 is 11.0 Å². The zero-order valence-electron chi connectivity index (χ0n) is 15.6. The molecule has 2 aromatic carbocycles. The number of hydrogen-bond donors (Lipinski definition) is 1. The maximum atomic E-state index is 13.0. The monoisotopic (exact) mass is 402 g/mol. The van der Waals surface area contributed by atoms with E-state index in [1.807, 2.05) is 12.1 Å². The number of aryl methyl sites for hydroxylation is 1. The molecule has 1 aromatic heterocycles. The molecule has 0 spiro atoms. The van der Waals surface area contributed by atoms with Gasteiger partial charge in [0.05, 0.1) is 11.1 Å². The Morgan fingerprint density at radius 1 is 1.03 bits per heavy atom. The van der Waals surface area contributed by atoms with E-state index in [9.17, 15) is 18.0 Å². The molecule has 150 valence electrons. The van der Waals surface area contributed by atoms with Gasteiger partial charge in [-0.1, -0.05) is 12.1 Å². The van der Waals surface area contributed by atoms with Crippen LogP contribution in [0.15, 0.2) is 45.6 Å². The first-order chi connectivity index (χ1) is 13.9. The molecule has 0 radical (unpaired) electrons. The molecule has 0 fully saturated rings. The molecule has 5 rings (SSSR count). The van der Waals surface area contributed by atoms with Crippen LogP contribution in [0.3, 0.4) is 0 Å². The number of ether oxygens (including phenoxy) is 1. The molecule has 0 saturated carbocycles. The summed E-state index contributed by atoms with van der Waals surface area (Å²) in [6.45, 7) is 1.24. The highest BCUT2D eigenvalue weighted by atomic mass is 19.4. The number of alkyl halides is 3. The van der Waals surface area contributed by atoms with Crippen molar-refractivity contribution < 1.29 is 27.2 Å². The van der Waals surface area contributed by atoms with Gasteiger partial charge in [-0.05, 0) is 49.1 Å². The second-order valence-electron chi connectivity index (χ2n) is 7.71. The lowest BCUT2D eigenvalue weighted by Crippen LogP contribution is -3.10. The molecular weight excluding hydrogens is 383 g/mol. The average Bonchev–Trinajstić information content (AvgIpc) is 3.18. The summed E-state index contributed by atoms with van der Waals surface area (Å²) in [6.07, 6.45) is -1.82. The Balaban J connectivity index is 1.49. The summed E-state index contributed by atoms with van der Waals surface area (Å²) in [6, 6.07) is 9.21. The van der Waals surface area contributed by atoms with Gasteiger partial charge in [-0.3, -0.25) is 4.90 Å². The highest BCUT2D eigenvalue weighted by Gasteiger charge is 2.31. The van der Waals surface area contributed by atoms with Crippen molar-refractivity contribution in [3.8, 4) is 5.75 Å². The lowest BCUT2D eigenvalue weighted by atomic mass is 10.0. The molecule has 3 aromatic rings. The minimum Gasteiger partial charge on any atom is -0.445 e. The standard InChI is InChI=1S/C22H18F3NO3/c23-22(24,25)14-4-1-3-13(9-14)10-26-11-18-19(28-12-26)8-7-16-15-5-2-6-17(15)21(27)29-20(16)18/h1,3-4,7-9H,2,5-6,10-12H2/p+1. The Morgan fingerprint density at radius 3 is 2.69 bits per heavy atom. The third-order valence-corrected chi connectivity index (χ3v) is 5.77. The maximum Gasteiger partial charge on any atom is 0.416 e. The van der Waals surface area contributed by atoms with Crippen LogP contribution in [0, 0.1) is 0 Å². The van der Waals surface area contributed by atoms with Crippen LogP contribution >= 0.6 is 0 Å². The van der Waals surface area contributed by atoms with E-state index in [0.717, 1.165) is 52.3 Å². The summed E-state index contributed by atoms with van der Waals surface area (Å²) < 4.78 is 50.5. The van der Waals surface area contributed by atoms with Crippen LogP contribution in [0.4, 0.5) is 13.2 Å². The number of rotatable bonds is 2. The highest BCUT2D eigenvalue weighted by Crippen LogP contribution is 2.34. The summed E-state index contributed by atoms with van der Waals surface area (Å²) in [5, 5.41) is 0.944. The summed E-state index contributed by atoms with van der Waals surface area (Å²) >= 11 is 0. The average molecular weight is 402 g/mol. The lowest BCUT2D eigenvalue weighted by molar-refractivity contribution is -0.945. The molecule has 4 nitrogen and oxygen atoms in total. The molecule has 0 bridgehead atoms. The van der Waals surface area contributed by atoms with Gasteiger partial charge in [0.2, 0.25) is 6.73 Å². The summed E-state index contributed by atoms with van der Waals surface area (Å²) in [5.41, 5.74) is 2.83. The van der Waals surface area contributed by atoms with Gasteiger partial charge in [-0.2, -0.15) is 13.2 Å². The van der Waals surface area contributed by atoms with Gasteiger partial charge >= 0.3 is 11.8 Å². The number of nitrogens with one attached hydrogen (secondary N) is 1. The fourth-order valence-corrected chi connectivity index (χ4v) is 4.43. The number of fused-ring (bicyclic) bond motifs is 5. The van der Waals surface area contributed by atoms with Crippen molar-refractivity contribution in [3.63, 3.8) is 0 Å². The van der Waals surface area contributed by atoms with Crippen molar-refractivity contribution in [2.75, 3.05) is 6.73 Å². The Hall–Kier alpha value is -2.80. The van der Waals surface area contributed by atoms with E-state index >= 15 is 0 Å². The number of hydrogen-bond acceptors (Lipinski definition) is 3. The van der Waals surface area contributed by atoms with Gasteiger partial charge in [0.15, 0.2) is 5.58 Å². The molecule has 1 N–H and O–H groups in total. The van der Waals surface area contributed by atoms with Crippen LogP contribution < -0.4 is 15.3 Å². The van der Waals surface area contributed by atoms with Crippen LogP contribution in [0.25, 0.3) is 11.0 Å². The van der Waals surface area contributed by atoms with Crippen LogP contribution in [0.1, 0.15) is 34.2 Å². The molecule has 1 aliphatic carbocycles. The van der Waals surface area contributed by atoms with E-state index in [4.69, 9.17) is 9.15 Å². The second kappa shape index (κ2) is 6.62. The smallest absolute Gasteiger partial charge is 0.416 e. The van der Waals surface area contributed by atoms with Crippen LogP contribution in [0.2, 0.25) is 0 Å². The maximum absolute atomic E-state index is 13.0. The zero-order chi connectivity index (χ0) is 20.2. The van der Waals surface area contributed by atoms with Gasteiger partial charge in [0.1, 0.15) is 18.8 Å². The third-order valence-electron chi connectivity index (χ3n) is 5.77. The Labute approximate surface area is 164 Å². The molecule has 0 amide bonds. The van der Waals surface area contributed by atoms with Crippen LogP contribution in [0.5, 0.6) is 5.75 Å². The Kier molecular flexibility index (Phi) is 4.17. The zero-order valence-corrected chi connectivity index (χ0v) is 15.6. The highest BCUT2D eigenvalue weighted by molar-refractivity contribution is 5.86. The number of benzene rings is 2. The van der Waals surface area contributed by atoms with Crippen molar-refractivity contribution in [1.29, 1.82) is 0 Å². The SMILES string of the molecule is O=c1oc2c3c(ccc2c2c1CCC2)OC[NH+](Cc1cccc(C(F)(F)F)c1)C3. The lowest BCUT2D eigenvalue weighted by Gasteiger charge is -2.27. The number of halogens is 3. The van der Waals surface area contributed by atoms with E-state index in [-0.39, 0.29) is 5.63 Å². The quantitative estimate of drug-likeness (QED) is 0.670. The molecule has 1 unspecified atom stereocenters. The van der Waals surface area contributed by atoms with E-state index < -0.39 is 11.7 Å². The first-order valence-electron chi connectivity index (χ1n) is 9.63. The molecule has 1 aliphatic heterocycles. The van der Waals surface area contributed by atoms with Crippen LogP contribution in [-0.4, -0.2) is 6.73 Å². The molecule has 0 saturated heterocycles. The predicted molar refractivity (Wildman–Crippen MR) is 99.8 cm³/mol. The molecular formula is C22H19F3NO3+. The van der Waals surface area contributed by atoms with Gasteiger partial charge in [0, 0.05) is 16.5 Å². The van der Waals surface area contributed by atoms with Gasteiger partial charge in [0.25, 0.3) is 0 Å². The van der Waals surface area contributed by atoms with Crippen molar-refractivity contribution in [1.82, 2.24) is 0 Å². The van der Waals surface area contributed by atoms with Crippen molar-refractivity contribution in [3.05, 3.63) is 74.6 Å². The predicted octanol–water partition coefficient (Wildman–Crippen LogP) is 3.24. The van der Waals surface area contributed by atoms with Gasteiger partial charge < -0.3 is 9.15 Å². The van der Waals surface area contributed by atoms with Crippen molar-refractivity contribution in [2.45, 2.75) is 38.5 Å². The number of quaternary nitrogens is 1. The first kappa shape index (κ1) is 18.2. The largest absolute Gasteiger partial charge is 0.445 e. The van der Waals surface area contributed by atoms with Gasteiger partial charge in [-0.15, -0.1) is 0 Å². The van der Waals surface area contributed by atoms with Gasteiger partial charge in [-0.25, -0.2) is 4.79 Å². The second-order valence-corrected chi connectivity index (χ2v) is 7.71.